The zero-order chi connectivity index (χ0) is 76.4. The summed E-state index contributed by atoms with van der Waals surface area (Å²) in [5, 5.41) is 9.81. The third-order valence-corrected chi connectivity index (χ3v) is 27.9. The number of rotatable bonds is 11. The number of nitrogens with zero attached hydrogens (tertiary/aromatic N) is 5. The Bertz CT molecular complexity index is 6350. The molecule has 7 heterocycles. The molecular weight excluding hydrogens is 1390 g/mol. The van der Waals surface area contributed by atoms with Gasteiger partial charge in [-0.15, -0.1) is 0 Å². The molecule has 0 atom stereocenters. The predicted octanol–water partition coefficient (Wildman–Crippen LogP) is 25.1. The van der Waals surface area contributed by atoms with E-state index in [1.807, 2.05) is 0 Å². The van der Waals surface area contributed by atoms with Gasteiger partial charge in [0.15, 0.2) is 0 Å². The Morgan fingerprint density at radius 1 is 0.304 bits per heavy atom. The number of pyridine rings is 2. The summed E-state index contributed by atoms with van der Waals surface area (Å²) in [7, 11) is -3.69. The maximum atomic E-state index is 6.71. The number of hydrogen-bond donors (Lipinski definition) is 0. The van der Waals surface area contributed by atoms with Gasteiger partial charge in [-0.3, -0.25) is 9.97 Å². The van der Waals surface area contributed by atoms with E-state index in [9.17, 15) is 0 Å². The van der Waals surface area contributed by atoms with Crippen LogP contribution in [0.15, 0.2) is 313 Å². The van der Waals surface area contributed by atoms with Crippen molar-refractivity contribution in [1.82, 2.24) is 14.5 Å². The summed E-state index contributed by atoms with van der Waals surface area (Å²) in [5.74, 6) is 0. The van der Waals surface area contributed by atoms with Crippen LogP contribution in [0.25, 0.3) is 138 Å². The lowest BCUT2D eigenvalue weighted by atomic mass is 9.33. The van der Waals surface area contributed by atoms with Gasteiger partial charge in [-0.1, -0.05) is 285 Å². The summed E-state index contributed by atoms with van der Waals surface area (Å²) >= 11 is 0. The molecule has 0 fully saturated rings. The third kappa shape index (κ3) is 11.3. The number of fused-ring (bicyclic) bond motifs is 13. The van der Waals surface area contributed by atoms with E-state index in [1.54, 1.807) is 0 Å². The standard InChI is InChI=1S/C102H86BN5O2Si2/c1-101(2,3)71-37-47-96-80(53-71)78-49-67(35-45-94(78)109-96)69-33-41-86-90(51-69)107(99-82(63-25-17-13-18-26-63)59-104-60-83(99)64-27-19-14-20-28-64)92-55-73(106-88-43-39-74(111(7,8)9)57-76(88)77-58-75(112(10,11)12)40-44-89(77)106)56-93-98(92)103(86)87-42-34-70(68-36-46-95-79(50-68)81-54-72(102(4,5)6)38-48-97(81)110-95)52-91(87)108(93)100-84(65-29-21-15-22-30-65)61-105-62-85(100)66-31-23-16-24-32-66/h13-62H,1-12H3. The van der Waals surface area contributed by atoms with Crippen molar-refractivity contribution in [3.05, 3.63) is 315 Å². The van der Waals surface area contributed by atoms with Gasteiger partial charge in [0, 0.05) is 102 Å². The highest BCUT2D eigenvalue weighted by Gasteiger charge is 2.46. The Morgan fingerprint density at radius 2 is 0.634 bits per heavy atom. The van der Waals surface area contributed by atoms with Crippen LogP contribution in [0.3, 0.4) is 0 Å². The minimum atomic E-state index is -1.84. The molecular formula is C102H86BN5O2Si2. The lowest BCUT2D eigenvalue weighted by Gasteiger charge is -2.46. The second kappa shape index (κ2) is 25.6. The van der Waals surface area contributed by atoms with Gasteiger partial charge in [0.05, 0.1) is 44.2 Å². The predicted molar refractivity (Wildman–Crippen MR) is 481 cm³/mol. The van der Waals surface area contributed by atoms with Crippen molar-refractivity contribution in [2.24, 2.45) is 0 Å². The first kappa shape index (κ1) is 68.9. The zero-order valence-corrected chi connectivity index (χ0v) is 67.5. The molecule has 2 aliphatic heterocycles. The van der Waals surface area contributed by atoms with Gasteiger partial charge < -0.3 is 23.2 Å². The molecule has 0 aliphatic carbocycles. The summed E-state index contributed by atoms with van der Waals surface area (Å²) in [5.41, 5.74) is 31.8. The van der Waals surface area contributed by atoms with Gasteiger partial charge in [-0.05, 0) is 168 Å². The molecule has 0 bridgehead atoms. The van der Waals surface area contributed by atoms with E-state index in [4.69, 9.17) is 18.8 Å². The molecule has 5 aromatic heterocycles. The van der Waals surface area contributed by atoms with E-state index >= 15 is 0 Å². The summed E-state index contributed by atoms with van der Waals surface area (Å²) in [6.45, 7) is 28.2. The first-order chi connectivity index (χ1) is 54.1. The Balaban J connectivity index is 0.958. The van der Waals surface area contributed by atoms with Crippen molar-refractivity contribution in [2.75, 3.05) is 9.80 Å². The number of aromatic nitrogens is 3. The molecule has 7 nitrogen and oxygen atoms in total. The molecule has 0 spiro atoms. The van der Waals surface area contributed by atoms with Gasteiger partial charge >= 0.3 is 0 Å². The molecule has 18 aromatic rings. The minimum Gasteiger partial charge on any atom is -0.456 e. The molecule has 0 radical (unpaired) electrons. The van der Waals surface area contributed by atoms with Gasteiger partial charge in [-0.25, -0.2) is 0 Å². The maximum absolute atomic E-state index is 6.71. The largest absolute Gasteiger partial charge is 0.456 e. The van der Waals surface area contributed by atoms with Crippen LogP contribution in [0.1, 0.15) is 52.7 Å². The second-order valence-electron chi connectivity index (χ2n) is 35.0. The molecule has 20 rings (SSSR count). The smallest absolute Gasteiger partial charge is 0.252 e. The van der Waals surface area contributed by atoms with Gasteiger partial charge in [-0.2, -0.15) is 0 Å². The SMILES string of the molecule is CC(C)(C)c1ccc2oc3ccc(-c4ccc5c(c4)N(c4c(-c6ccccc6)cncc4-c4ccccc4)c4cc(-n6c7ccc([Si](C)(C)C)cc7c7cc([Si](C)(C)C)ccc76)cc6c4B5c4ccc(-c5ccc7oc8ccc(C(C)(C)C)cc8c7c5)cc4N6c4c(-c5ccccc5)cncc4-c4ccccc4)cc3c2c1. The third-order valence-electron chi connectivity index (χ3n) is 23.8. The topological polar surface area (TPSA) is 63.5 Å². The molecule has 10 heteroatoms. The highest BCUT2D eigenvalue weighted by atomic mass is 28.3. The average molecular weight is 1480 g/mol. The molecule has 0 saturated heterocycles. The van der Waals surface area contributed by atoms with E-state index in [0.717, 1.165) is 161 Å². The Hall–Kier alpha value is -12.3. The van der Waals surface area contributed by atoms with Crippen molar-refractivity contribution in [2.45, 2.75) is 91.7 Å². The minimum absolute atomic E-state index is 0.0584. The molecule has 0 unspecified atom stereocenters. The fraction of sp³-hybridized carbons (Fsp3) is 0.137. The van der Waals surface area contributed by atoms with Crippen molar-refractivity contribution < 1.29 is 8.83 Å². The lowest BCUT2D eigenvalue weighted by molar-refractivity contribution is 0.590. The second-order valence-corrected chi connectivity index (χ2v) is 45.2. The number of furan rings is 2. The van der Waals surface area contributed by atoms with Gasteiger partial charge in [0.1, 0.15) is 22.3 Å². The normalized spacial score (nSPS) is 13.1. The Morgan fingerprint density at radius 3 is 0.982 bits per heavy atom. The van der Waals surface area contributed by atoms with Gasteiger partial charge in [0.2, 0.25) is 0 Å². The van der Waals surface area contributed by atoms with Crippen LogP contribution in [0, 0.1) is 0 Å². The fourth-order valence-corrected chi connectivity index (χ4v) is 20.1. The highest BCUT2D eigenvalue weighted by molar-refractivity contribution is 7.00. The van der Waals surface area contributed by atoms with Crippen molar-refractivity contribution >= 4 is 149 Å². The number of anilines is 6. The van der Waals surface area contributed by atoms with Crippen molar-refractivity contribution in [1.29, 1.82) is 0 Å². The summed E-state index contributed by atoms with van der Waals surface area (Å²) in [6.07, 6.45) is 8.38. The van der Waals surface area contributed by atoms with Gasteiger partial charge in [0.25, 0.3) is 6.71 Å². The Kier molecular flexibility index (Phi) is 15.8. The van der Waals surface area contributed by atoms with E-state index in [2.05, 4.69) is 399 Å². The number of hydrogen-bond acceptors (Lipinski definition) is 6. The van der Waals surface area contributed by atoms with E-state index in [-0.39, 0.29) is 17.5 Å². The van der Waals surface area contributed by atoms with Crippen LogP contribution in [-0.2, 0) is 10.8 Å². The Labute approximate surface area is 657 Å². The van der Waals surface area contributed by atoms with Crippen LogP contribution in [0.4, 0.5) is 34.1 Å². The zero-order valence-electron chi connectivity index (χ0n) is 65.5. The average Bonchev–Trinajstić information content (AvgIpc) is 0.724. The van der Waals surface area contributed by atoms with Crippen LogP contribution in [0.2, 0.25) is 39.3 Å². The van der Waals surface area contributed by atoms with E-state index < -0.39 is 16.1 Å². The summed E-state index contributed by atoms with van der Waals surface area (Å²) in [4.78, 5) is 15.8. The molecule has 0 amide bonds. The van der Waals surface area contributed by atoms with Crippen LogP contribution in [0.5, 0.6) is 0 Å². The van der Waals surface area contributed by atoms with E-state index in [1.165, 1.54) is 48.7 Å². The molecule has 112 heavy (non-hydrogen) atoms. The maximum Gasteiger partial charge on any atom is 0.252 e. The van der Waals surface area contributed by atoms with Crippen molar-refractivity contribution in [3.8, 4) is 72.4 Å². The van der Waals surface area contributed by atoms with Crippen LogP contribution >= 0.6 is 0 Å². The lowest BCUT2D eigenvalue weighted by Crippen LogP contribution is -2.61. The first-order valence-corrected chi connectivity index (χ1v) is 46.3. The summed E-state index contributed by atoms with van der Waals surface area (Å²) < 4.78 is 16.0. The van der Waals surface area contributed by atoms with Crippen LogP contribution < -0.4 is 36.6 Å². The molecule has 2 aliphatic rings. The summed E-state index contributed by atoms with van der Waals surface area (Å²) in [6, 6.07) is 105. The van der Waals surface area contributed by atoms with E-state index in [0.29, 0.717) is 0 Å². The van der Waals surface area contributed by atoms with Crippen molar-refractivity contribution in [3.63, 3.8) is 0 Å². The molecule has 13 aromatic carbocycles. The first-order valence-electron chi connectivity index (χ1n) is 39.3. The molecule has 0 saturated carbocycles. The highest BCUT2D eigenvalue weighted by Crippen LogP contribution is 2.55. The monoisotopic (exact) mass is 1480 g/mol. The number of benzene rings is 13. The fourth-order valence-electron chi connectivity index (χ4n) is 17.7. The van der Waals surface area contributed by atoms with Crippen LogP contribution in [-0.4, -0.2) is 37.4 Å². The quantitative estimate of drug-likeness (QED) is 0.120. The molecule has 542 valence electrons. The molecule has 0 N–H and O–H groups in total.